The first-order chi connectivity index (χ1) is 13.2. The molecule has 0 spiro atoms. The van der Waals surface area contributed by atoms with E-state index in [0.29, 0.717) is 36.0 Å². The maximum atomic E-state index is 12.1. The summed E-state index contributed by atoms with van der Waals surface area (Å²) >= 11 is 11.5. The van der Waals surface area contributed by atoms with Crippen LogP contribution in [0.2, 0.25) is 10.0 Å². The first kappa shape index (κ1) is 23.1. The van der Waals surface area contributed by atoms with Crippen LogP contribution in [0.15, 0.2) is 58.3 Å². The predicted molar refractivity (Wildman–Crippen MR) is 112 cm³/mol. The molecule has 0 bridgehead atoms. The summed E-state index contributed by atoms with van der Waals surface area (Å²) in [6.45, 7) is 0.642. The minimum atomic E-state index is -3.54. The van der Waals surface area contributed by atoms with E-state index in [0.717, 1.165) is 12.8 Å². The van der Waals surface area contributed by atoms with Crippen molar-refractivity contribution in [2.45, 2.75) is 35.5 Å². The number of rotatable bonds is 11. The largest absolute Gasteiger partial charge is 0.240 e. The van der Waals surface area contributed by atoms with Gasteiger partial charge in [0.1, 0.15) is 0 Å². The molecule has 2 aromatic rings. The molecule has 0 saturated carbocycles. The fraction of sp³-hybridized carbons (Fsp3) is 0.333. The maximum absolute atomic E-state index is 12.1. The number of unbranched alkanes of at least 4 members (excludes halogenated alkanes) is 3. The summed E-state index contributed by atoms with van der Waals surface area (Å²) in [6.07, 6.45) is 2.89. The van der Waals surface area contributed by atoms with Crippen molar-refractivity contribution in [3.05, 3.63) is 58.6 Å². The Labute approximate surface area is 176 Å². The summed E-state index contributed by atoms with van der Waals surface area (Å²) in [4.78, 5) is 0.349. The Morgan fingerprint density at radius 2 is 0.893 bits per heavy atom. The lowest BCUT2D eigenvalue weighted by atomic mass is 10.2. The van der Waals surface area contributed by atoms with Gasteiger partial charge in [-0.3, -0.25) is 0 Å². The number of hydrogen-bond donors (Lipinski definition) is 2. The molecular weight excluding hydrogens is 443 g/mol. The average molecular weight is 465 g/mol. The van der Waals surface area contributed by atoms with E-state index in [2.05, 4.69) is 9.44 Å². The topological polar surface area (TPSA) is 92.3 Å². The molecule has 2 rings (SSSR count). The van der Waals surface area contributed by atoms with Crippen LogP contribution in [0, 0.1) is 0 Å². The lowest BCUT2D eigenvalue weighted by Crippen LogP contribution is -2.25. The van der Waals surface area contributed by atoms with Gasteiger partial charge in [-0.25, -0.2) is 26.3 Å². The smallest absolute Gasteiger partial charge is 0.211 e. The molecule has 154 valence electrons. The van der Waals surface area contributed by atoms with E-state index in [1.54, 1.807) is 0 Å². The zero-order valence-electron chi connectivity index (χ0n) is 15.1. The molecule has 0 amide bonds. The van der Waals surface area contributed by atoms with E-state index >= 15 is 0 Å². The molecule has 2 N–H and O–H groups in total. The van der Waals surface area contributed by atoms with Gasteiger partial charge in [-0.2, -0.15) is 0 Å². The minimum absolute atomic E-state index is 0.175. The molecule has 28 heavy (non-hydrogen) atoms. The van der Waals surface area contributed by atoms with Crippen LogP contribution in [0.4, 0.5) is 0 Å². The molecule has 0 aliphatic carbocycles. The Morgan fingerprint density at radius 1 is 0.571 bits per heavy atom. The highest BCUT2D eigenvalue weighted by atomic mass is 35.5. The standard InChI is InChI=1S/C18H22Cl2N2O4S2/c19-15-5-9-17(10-6-15)27(23,24)21-13-3-1-2-4-14-22-28(25,26)18-11-7-16(20)8-12-18/h5-12,21-22H,1-4,13-14H2. The zero-order valence-corrected chi connectivity index (χ0v) is 18.2. The number of benzene rings is 2. The van der Waals surface area contributed by atoms with E-state index in [1.807, 2.05) is 0 Å². The SMILES string of the molecule is O=S(=O)(NCCCCCCNS(=O)(=O)c1ccc(Cl)cc1)c1ccc(Cl)cc1. The van der Waals surface area contributed by atoms with Crippen LogP contribution in [-0.2, 0) is 20.0 Å². The lowest BCUT2D eigenvalue weighted by molar-refractivity contribution is 0.562. The van der Waals surface area contributed by atoms with E-state index in [-0.39, 0.29) is 9.79 Å². The number of sulfonamides is 2. The first-order valence-electron chi connectivity index (χ1n) is 8.71. The Bertz CT molecular complexity index is 880. The van der Waals surface area contributed by atoms with E-state index in [1.165, 1.54) is 48.5 Å². The molecule has 0 radical (unpaired) electrons. The average Bonchev–Trinajstić information content (AvgIpc) is 2.64. The van der Waals surface area contributed by atoms with Crippen molar-refractivity contribution in [2.24, 2.45) is 0 Å². The van der Waals surface area contributed by atoms with Crippen molar-refractivity contribution in [3.63, 3.8) is 0 Å². The number of nitrogens with one attached hydrogen (secondary N) is 2. The normalized spacial score (nSPS) is 12.2. The van der Waals surface area contributed by atoms with Gasteiger partial charge in [-0.15, -0.1) is 0 Å². The van der Waals surface area contributed by atoms with Crippen molar-refractivity contribution in [2.75, 3.05) is 13.1 Å². The summed E-state index contributed by atoms with van der Waals surface area (Å²) < 4.78 is 53.5. The second-order valence-corrected chi connectivity index (χ2v) is 10.5. The summed E-state index contributed by atoms with van der Waals surface area (Å²) in [5.41, 5.74) is 0. The maximum Gasteiger partial charge on any atom is 0.240 e. The summed E-state index contributed by atoms with van der Waals surface area (Å²) in [5.74, 6) is 0. The van der Waals surface area contributed by atoms with Gasteiger partial charge in [-0.1, -0.05) is 36.0 Å². The van der Waals surface area contributed by atoms with E-state index < -0.39 is 20.0 Å². The van der Waals surface area contributed by atoms with Gasteiger partial charge in [0.15, 0.2) is 0 Å². The third-order valence-electron chi connectivity index (χ3n) is 3.94. The number of halogens is 2. The van der Waals surface area contributed by atoms with Crippen molar-refractivity contribution in [3.8, 4) is 0 Å². The van der Waals surface area contributed by atoms with Gasteiger partial charge < -0.3 is 0 Å². The zero-order chi connectivity index (χ0) is 20.6. The quantitative estimate of drug-likeness (QED) is 0.494. The predicted octanol–water partition coefficient (Wildman–Crippen LogP) is 3.81. The van der Waals surface area contributed by atoms with Crippen LogP contribution in [0.1, 0.15) is 25.7 Å². The van der Waals surface area contributed by atoms with Gasteiger partial charge in [0, 0.05) is 23.1 Å². The van der Waals surface area contributed by atoms with Gasteiger partial charge in [-0.05, 0) is 61.4 Å². The molecule has 0 aliphatic heterocycles. The highest BCUT2D eigenvalue weighted by molar-refractivity contribution is 7.89. The van der Waals surface area contributed by atoms with E-state index in [9.17, 15) is 16.8 Å². The van der Waals surface area contributed by atoms with Gasteiger partial charge in [0.2, 0.25) is 20.0 Å². The van der Waals surface area contributed by atoms with Crippen molar-refractivity contribution in [1.82, 2.24) is 9.44 Å². The molecule has 0 fully saturated rings. The van der Waals surface area contributed by atoms with E-state index in [4.69, 9.17) is 23.2 Å². The monoisotopic (exact) mass is 464 g/mol. The molecular formula is C18H22Cl2N2O4S2. The molecule has 0 unspecified atom stereocenters. The Hall–Kier alpha value is -1.16. The third kappa shape index (κ3) is 7.35. The first-order valence-corrected chi connectivity index (χ1v) is 12.4. The molecule has 0 aliphatic rings. The molecule has 2 aromatic carbocycles. The van der Waals surface area contributed by atoms with Crippen LogP contribution in [0.5, 0.6) is 0 Å². The van der Waals surface area contributed by atoms with Crippen LogP contribution in [-0.4, -0.2) is 29.9 Å². The van der Waals surface area contributed by atoms with Crippen LogP contribution in [0.25, 0.3) is 0 Å². The highest BCUT2D eigenvalue weighted by Crippen LogP contribution is 2.15. The second-order valence-electron chi connectivity index (χ2n) is 6.12. The fourth-order valence-corrected chi connectivity index (χ4v) is 4.81. The minimum Gasteiger partial charge on any atom is -0.211 e. The summed E-state index contributed by atoms with van der Waals surface area (Å²) in [7, 11) is -7.07. The fourth-order valence-electron chi connectivity index (χ4n) is 2.41. The summed E-state index contributed by atoms with van der Waals surface area (Å²) in [5, 5.41) is 0.955. The molecule has 0 atom stereocenters. The Kier molecular flexibility index (Phi) is 8.73. The van der Waals surface area contributed by atoms with Crippen LogP contribution < -0.4 is 9.44 Å². The van der Waals surface area contributed by atoms with Crippen molar-refractivity contribution < 1.29 is 16.8 Å². The summed E-state index contributed by atoms with van der Waals surface area (Å²) in [6, 6.07) is 11.9. The molecule has 0 aromatic heterocycles. The molecule has 0 heterocycles. The van der Waals surface area contributed by atoms with Gasteiger partial charge in [0.25, 0.3) is 0 Å². The highest BCUT2D eigenvalue weighted by Gasteiger charge is 2.13. The van der Waals surface area contributed by atoms with Crippen LogP contribution in [0.3, 0.4) is 0 Å². The van der Waals surface area contributed by atoms with Gasteiger partial charge >= 0.3 is 0 Å². The molecule has 0 saturated heterocycles. The van der Waals surface area contributed by atoms with Crippen LogP contribution >= 0.6 is 23.2 Å². The number of hydrogen-bond acceptors (Lipinski definition) is 4. The lowest BCUT2D eigenvalue weighted by Gasteiger charge is -2.08. The molecule has 6 nitrogen and oxygen atoms in total. The van der Waals surface area contributed by atoms with Crippen molar-refractivity contribution in [1.29, 1.82) is 0 Å². The molecule has 10 heteroatoms. The third-order valence-corrected chi connectivity index (χ3v) is 7.39. The Balaban J connectivity index is 1.63. The Morgan fingerprint density at radius 3 is 1.21 bits per heavy atom. The second kappa shape index (κ2) is 10.6. The van der Waals surface area contributed by atoms with Gasteiger partial charge in [0.05, 0.1) is 9.79 Å². The van der Waals surface area contributed by atoms with Crippen molar-refractivity contribution >= 4 is 43.2 Å².